The molecule has 0 bridgehead atoms. The van der Waals surface area contributed by atoms with E-state index >= 15 is 0 Å². The van der Waals surface area contributed by atoms with E-state index in [-0.39, 0.29) is 17.5 Å². The Hall–Kier alpha value is -1.69. The third-order valence-corrected chi connectivity index (χ3v) is 4.44. The molecule has 0 fully saturated rings. The zero-order chi connectivity index (χ0) is 14.6. The van der Waals surface area contributed by atoms with Crippen LogP contribution in [0.4, 0.5) is 0 Å². The molecule has 0 amide bonds. The van der Waals surface area contributed by atoms with E-state index in [9.17, 15) is 8.42 Å². The molecule has 0 saturated carbocycles. The maximum absolute atomic E-state index is 12.1. The average molecular weight is 290 g/mol. The Morgan fingerprint density at radius 2 is 1.65 bits per heavy atom. The number of nitrogens with two attached hydrogens (primary N) is 1. The van der Waals surface area contributed by atoms with Gasteiger partial charge in [0, 0.05) is 12.6 Å². The molecule has 0 saturated heterocycles. The number of hydrogen-bond donors (Lipinski definition) is 2. The van der Waals surface area contributed by atoms with Gasteiger partial charge in [-0.05, 0) is 30.2 Å². The highest BCUT2D eigenvalue weighted by Gasteiger charge is 2.13. The van der Waals surface area contributed by atoms with Crippen LogP contribution in [-0.2, 0) is 16.6 Å². The van der Waals surface area contributed by atoms with Gasteiger partial charge in [0.25, 0.3) is 0 Å². The highest BCUT2D eigenvalue weighted by Crippen LogP contribution is 2.14. The summed E-state index contributed by atoms with van der Waals surface area (Å²) < 4.78 is 26.9. The lowest BCUT2D eigenvalue weighted by Gasteiger charge is -2.09. The molecule has 0 spiro atoms. The van der Waals surface area contributed by atoms with E-state index < -0.39 is 10.0 Å². The average Bonchev–Trinajstić information content (AvgIpc) is 2.46. The molecule has 0 aliphatic carbocycles. The van der Waals surface area contributed by atoms with E-state index in [1.165, 1.54) is 0 Å². The van der Waals surface area contributed by atoms with Crippen LogP contribution in [0.25, 0.3) is 0 Å². The SMILES string of the molecule is C[C@H](N)c1ccc(S(=O)(=O)NCc2ccccc2)cc1. The second kappa shape index (κ2) is 6.17. The van der Waals surface area contributed by atoms with Crippen molar-refractivity contribution >= 4 is 10.0 Å². The second-order valence-corrected chi connectivity index (χ2v) is 6.43. The molecule has 0 aliphatic rings. The van der Waals surface area contributed by atoms with Gasteiger partial charge in [-0.15, -0.1) is 0 Å². The van der Waals surface area contributed by atoms with Crippen molar-refractivity contribution in [2.75, 3.05) is 0 Å². The molecule has 0 radical (unpaired) electrons. The molecule has 2 rings (SSSR count). The molecule has 5 heteroatoms. The van der Waals surface area contributed by atoms with E-state index in [1.807, 2.05) is 37.3 Å². The van der Waals surface area contributed by atoms with Crippen LogP contribution >= 0.6 is 0 Å². The number of hydrogen-bond acceptors (Lipinski definition) is 3. The lowest BCUT2D eigenvalue weighted by Crippen LogP contribution is -2.23. The Kier molecular flexibility index (Phi) is 4.54. The molecule has 2 aromatic carbocycles. The third-order valence-electron chi connectivity index (χ3n) is 3.03. The molecular formula is C15H18N2O2S. The molecule has 2 aromatic rings. The Labute approximate surface area is 119 Å². The van der Waals surface area contributed by atoms with Crippen molar-refractivity contribution in [2.24, 2.45) is 5.73 Å². The topological polar surface area (TPSA) is 72.2 Å². The zero-order valence-corrected chi connectivity index (χ0v) is 12.1. The number of sulfonamides is 1. The molecule has 0 aromatic heterocycles. The first-order chi connectivity index (χ1) is 9.49. The summed E-state index contributed by atoms with van der Waals surface area (Å²) in [6.07, 6.45) is 0. The first-order valence-corrected chi connectivity index (χ1v) is 7.86. The molecule has 106 valence electrons. The van der Waals surface area contributed by atoms with E-state index in [4.69, 9.17) is 5.73 Å². The summed E-state index contributed by atoms with van der Waals surface area (Å²) in [5.74, 6) is 0. The Morgan fingerprint density at radius 3 is 2.20 bits per heavy atom. The minimum atomic E-state index is -3.49. The Bertz CT molecular complexity index is 650. The van der Waals surface area contributed by atoms with Gasteiger partial charge >= 0.3 is 0 Å². The highest BCUT2D eigenvalue weighted by molar-refractivity contribution is 7.89. The predicted octanol–water partition coefficient (Wildman–Crippen LogP) is 2.18. The standard InChI is InChI=1S/C15H18N2O2S/c1-12(16)14-7-9-15(10-8-14)20(18,19)17-11-13-5-3-2-4-6-13/h2-10,12,17H,11,16H2,1H3/t12-/m0/s1. The maximum Gasteiger partial charge on any atom is 0.240 e. The largest absolute Gasteiger partial charge is 0.324 e. The quantitative estimate of drug-likeness (QED) is 0.886. The lowest BCUT2D eigenvalue weighted by molar-refractivity contribution is 0.581. The molecule has 0 heterocycles. The van der Waals surface area contributed by atoms with Gasteiger partial charge in [0.1, 0.15) is 0 Å². The summed E-state index contributed by atoms with van der Waals surface area (Å²) in [6.45, 7) is 2.13. The summed E-state index contributed by atoms with van der Waals surface area (Å²) in [5.41, 5.74) is 7.57. The molecule has 1 atom stereocenters. The summed E-state index contributed by atoms with van der Waals surface area (Å²) >= 11 is 0. The second-order valence-electron chi connectivity index (χ2n) is 4.67. The fourth-order valence-corrected chi connectivity index (χ4v) is 2.83. The van der Waals surface area contributed by atoms with Crippen molar-refractivity contribution < 1.29 is 8.42 Å². The van der Waals surface area contributed by atoms with Crippen molar-refractivity contribution in [1.82, 2.24) is 4.72 Å². The van der Waals surface area contributed by atoms with Crippen molar-refractivity contribution in [2.45, 2.75) is 24.4 Å². The van der Waals surface area contributed by atoms with Crippen LogP contribution in [0, 0.1) is 0 Å². The summed E-state index contributed by atoms with van der Waals surface area (Å²) in [5, 5.41) is 0. The van der Waals surface area contributed by atoms with Crippen molar-refractivity contribution in [3.63, 3.8) is 0 Å². The van der Waals surface area contributed by atoms with E-state index in [0.717, 1.165) is 11.1 Å². The summed E-state index contributed by atoms with van der Waals surface area (Å²) in [7, 11) is -3.49. The van der Waals surface area contributed by atoms with Gasteiger partial charge in [-0.3, -0.25) is 0 Å². The van der Waals surface area contributed by atoms with Crippen molar-refractivity contribution in [1.29, 1.82) is 0 Å². The zero-order valence-electron chi connectivity index (χ0n) is 11.3. The van der Waals surface area contributed by atoms with Gasteiger partial charge in [-0.1, -0.05) is 42.5 Å². The number of rotatable bonds is 5. The van der Waals surface area contributed by atoms with E-state index in [1.54, 1.807) is 24.3 Å². The minimum Gasteiger partial charge on any atom is -0.324 e. The first kappa shape index (κ1) is 14.7. The number of benzene rings is 2. The highest BCUT2D eigenvalue weighted by atomic mass is 32.2. The molecular weight excluding hydrogens is 272 g/mol. The van der Waals surface area contributed by atoms with Gasteiger partial charge in [0.15, 0.2) is 0 Å². The van der Waals surface area contributed by atoms with Gasteiger partial charge in [-0.25, -0.2) is 13.1 Å². The van der Waals surface area contributed by atoms with Crippen LogP contribution in [0.2, 0.25) is 0 Å². The fraction of sp³-hybridized carbons (Fsp3) is 0.200. The number of nitrogens with one attached hydrogen (secondary N) is 1. The third kappa shape index (κ3) is 3.66. The first-order valence-electron chi connectivity index (χ1n) is 6.38. The van der Waals surface area contributed by atoms with Gasteiger partial charge < -0.3 is 5.73 Å². The van der Waals surface area contributed by atoms with Crippen LogP contribution in [0.5, 0.6) is 0 Å². The van der Waals surface area contributed by atoms with Crippen molar-refractivity contribution in [3.05, 3.63) is 65.7 Å². The van der Waals surface area contributed by atoms with E-state index in [2.05, 4.69) is 4.72 Å². The fourth-order valence-electron chi connectivity index (χ4n) is 1.81. The maximum atomic E-state index is 12.1. The lowest BCUT2D eigenvalue weighted by atomic mass is 10.1. The molecule has 0 unspecified atom stereocenters. The monoisotopic (exact) mass is 290 g/mol. The summed E-state index contributed by atoms with van der Waals surface area (Å²) in [4.78, 5) is 0.248. The van der Waals surface area contributed by atoms with Crippen LogP contribution in [0.3, 0.4) is 0 Å². The molecule has 20 heavy (non-hydrogen) atoms. The van der Waals surface area contributed by atoms with Crippen molar-refractivity contribution in [3.8, 4) is 0 Å². The van der Waals surface area contributed by atoms with Gasteiger partial charge in [0.2, 0.25) is 10.0 Å². The normalized spacial score (nSPS) is 13.1. The minimum absolute atomic E-state index is 0.107. The van der Waals surface area contributed by atoms with Crippen LogP contribution < -0.4 is 10.5 Å². The van der Waals surface area contributed by atoms with E-state index in [0.29, 0.717) is 0 Å². The Balaban J connectivity index is 2.10. The Morgan fingerprint density at radius 1 is 1.05 bits per heavy atom. The van der Waals surface area contributed by atoms with Gasteiger partial charge in [-0.2, -0.15) is 0 Å². The van der Waals surface area contributed by atoms with Gasteiger partial charge in [0.05, 0.1) is 4.90 Å². The van der Waals surface area contributed by atoms with Crippen LogP contribution in [-0.4, -0.2) is 8.42 Å². The van der Waals surface area contributed by atoms with Crippen LogP contribution in [0.1, 0.15) is 24.1 Å². The molecule has 3 N–H and O–H groups in total. The summed E-state index contributed by atoms with van der Waals surface area (Å²) in [6, 6.07) is 15.9. The molecule has 4 nitrogen and oxygen atoms in total. The van der Waals surface area contributed by atoms with Crippen LogP contribution in [0.15, 0.2) is 59.5 Å². The molecule has 0 aliphatic heterocycles. The smallest absolute Gasteiger partial charge is 0.240 e. The predicted molar refractivity (Wildman–Crippen MR) is 79.5 cm³/mol.